The van der Waals surface area contributed by atoms with Gasteiger partial charge in [0.1, 0.15) is 0 Å². The number of likely N-dealkylation sites (N-methyl/N-ethyl adjacent to an activating group) is 1. The first-order chi connectivity index (χ1) is 12.5. The van der Waals surface area contributed by atoms with Gasteiger partial charge in [0.2, 0.25) is 11.8 Å². The molecule has 138 valence electrons. The van der Waals surface area contributed by atoms with Gasteiger partial charge in [-0.1, -0.05) is 18.2 Å². The Balaban J connectivity index is 1.44. The predicted molar refractivity (Wildman–Crippen MR) is 104 cm³/mol. The molecule has 0 fully saturated rings. The normalized spacial score (nSPS) is 13.9. The number of nitrogens with zero attached hydrogens (tertiary/aromatic N) is 3. The average Bonchev–Trinajstić information content (AvgIpc) is 3.02. The Kier molecular flexibility index (Phi) is 6.00. The summed E-state index contributed by atoms with van der Waals surface area (Å²) in [5, 5.41) is 3.54. The molecular formula is C19H24N4O2S. The first kappa shape index (κ1) is 18.5. The lowest BCUT2D eigenvalue weighted by Gasteiger charge is -2.20. The molecule has 1 N–H and O–H groups in total. The Morgan fingerprint density at radius 1 is 1.27 bits per heavy atom. The van der Waals surface area contributed by atoms with Gasteiger partial charge in [0, 0.05) is 50.0 Å². The summed E-state index contributed by atoms with van der Waals surface area (Å²) in [6, 6.07) is 9.51. The maximum atomic E-state index is 12.2. The zero-order chi connectivity index (χ0) is 18.5. The number of carbonyl (C=O) groups excluding carboxylic acids is 2. The molecule has 3 rings (SSSR count). The highest BCUT2D eigenvalue weighted by atomic mass is 32.1. The molecule has 0 radical (unpaired) electrons. The van der Waals surface area contributed by atoms with Crippen LogP contribution in [0.3, 0.4) is 0 Å². The molecule has 2 aromatic rings. The summed E-state index contributed by atoms with van der Waals surface area (Å²) < 4.78 is 0. The van der Waals surface area contributed by atoms with E-state index in [0.29, 0.717) is 24.4 Å². The van der Waals surface area contributed by atoms with Gasteiger partial charge in [-0.15, -0.1) is 11.3 Å². The van der Waals surface area contributed by atoms with Crippen LogP contribution in [0.5, 0.6) is 0 Å². The zero-order valence-corrected chi connectivity index (χ0v) is 16.0. The van der Waals surface area contributed by atoms with E-state index in [1.807, 2.05) is 30.3 Å². The Morgan fingerprint density at radius 2 is 2.04 bits per heavy atom. The van der Waals surface area contributed by atoms with Gasteiger partial charge in [0.25, 0.3) is 0 Å². The van der Waals surface area contributed by atoms with Crippen LogP contribution in [-0.4, -0.2) is 42.3 Å². The number of hydrogen-bond donors (Lipinski definition) is 1. The van der Waals surface area contributed by atoms with Gasteiger partial charge >= 0.3 is 0 Å². The van der Waals surface area contributed by atoms with E-state index in [4.69, 9.17) is 0 Å². The standard InChI is InChI=1S/C19H24N4O2S/c1-22-12-11-15-16(13-22)26-19(20-15)21-17(24)9-6-10-18(25)23(2)14-7-4-3-5-8-14/h3-5,7-8H,6,9-13H2,1-2H3,(H,20,21,24). The minimum Gasteiger partial charge on any atom is -0.316 e. The van der Waals surface area contributed by atoms with Crippen LogP contribution in [0.25, 0.3) is 0 Å². The van der Waals surface area contributed by atoms with Crippen molar-refractivity contribution in [2.24, 2.45) is 0 Å². The van der Waals surface area contributed by atoms with E-state index in [1.54, 1.807) is 23.3 Å². The number of thiazole rings is 1. The molecule has 0 aliphatic carbocycles. The van der Waals surface area contributed by atoms with E-state index < -0.39 is 0 Å². The fourth-order valence-corrected chi connectivity index (χ4v) is 4.03. The molecule has 7 heteroatoms. The van der Waals surface area contributed by atoms with Crippen molar-refractivity contribution >= 4 is 34.0 Å². The van der Waals surface area contributed by atoms with Crippen molar-refractivity contribution in [2.45, 2.75) is 32.2 Å². The molecule has 2 heterocycles. The van der Waals surface area contributed by atoms with Crippen molar-refractivity contribution in [3.63, 3.8) is 0 Å². The van der Waals surface area contributed by atoms with E-state index in [9.17, 15) is 9.59 Å². The van der Waals surface area contributed by atoms with Crippen molar-refractivity contribution in [1.82, 2.24) is 9.88 Å². The fraction of sp³-hybridized carbons (Fsp3) is 0.421. The highest BCUT2D eigenvalue weighted by molar-refractivity contribution is 7.15. The number of hydrogen-bond acceptors (Lipinski definition) is 5. The van der Waals surface area contributed by atoms with Crippen molar-refractivity contribution in [3.05, 3.63) is 40.9 Å². The molecule has 0 atom stereocenters. The van der Waals surface area contributed by atoms with Crippen molar-refractivity contribution in [3.8, 4) is 0 Å². The minimum absolute atomic E-state index is 0.0109. The van der Waals surface area contributed by atoms with Crippen LogP contribution in [0.2, 0.25) is 0 Å². The molecule has 2 amide bonds. The molecule has 1 aliphatic rings. The number of fused-ring (bicyclic) bond motifs is 1. The lowest BCUT2D eigenvalue weighted by atomic mass is 10.2. The molecule has 1 aromatic carbocycles. The van der Waals surface area contributed by atoms with Gasteiger partial charge in [-0.05, 0) is 25.6 Å². The van der Waals surface area contributed by atoms with E-state index >= 15 is 0 Å². The third-order valence-electron chi connectivity index (χ3n) is 4.48. The van der Waals surface area contributed by atoms with Crippen LogP contribution in [-0.2, 0) is 22.6 Å². The number of carbonyl (C=O) groups is 2. The lowest BCUT2D eigenvalue weighted by Crippen LogP contribution is -2.26. The van der Waals surface area contributed by atoms with E-state index in [-0.39, 0.29) is 11.8 Å². The predicted octanol–water partition coefficient (Wildman–Crippen LogP) is 2.90. The fourth-order valence-electron chi connectivity index (χ4n) is 2.92. The van der Waals surface area contributed by atoms with Crippen molar-refractivity contribution in [1.29, 1.82) is 0 Å². The number of para-hydroxylation sites is 1. The molecule has 0 saturated carbocycles. The van der Waals surface area contributed by atoms with Crippen LogP contribution in [0, 0.1) is 0 Å². The highest BCUT2D eigenvalue weighted by Crippen LogP contribution is 2.27. The molecule has 6 nitrogen and oxygen atoms in total. The highest BCUT2D eigenvalue weighted by Gasteiger charge is 2.19. The van der Waals surface area contributed by atoms with Gasteiger partial charge in [-0.25, -0.2) is 4.98 Å². The monoisotopic (exact) mass is 372 g/mol. The summed E-state index contributed by atoms with van der Waals surface area (Å²) in [7, 11) is 3.85. The topological polar surface area (TPSA) is 65.5 Å². The molecule has 1 aliphatic heterocycles. The summed E-state index contributed by atoms with van der Waals surface area (Å²) in [5.74, 6) is -0.0728. The van der Waals surface area contributed by atoms with Crippen LogP contribution in [0.4, 0.5) is 10.8 Å². The van der Waals surface area contributed by atoms with Gasteiger partial charge < -0.3 is 15.1 Å². The van der Waals surface area contributed by atoms with Crippen molar-refractivity contribution in [2.75, 3.05) is 30.9 Å². The van der Waals surface area contributed by atoms with Gasteiger partial charge in [-0.3, -0.25) is 9.59 Å². The number of benzene rings is 1. The number of nitrogens with one attached hydrogen (secondary N) is 1. The summed E-state index contributed by atoms with van der Waals surface area (Å²) in [5.41, 5.74) is 1.96. The van der Waals surface area contributed by atoms with Crippen LogP contribution < -0.4 is 10.2 Å². The number of anilines is 2. The summed E-state index contributed by atoms with van der Waals surface area (Å²) in [6.07, 6.45) is 2.12. The smallest absolute Gasteiger partial charge is 0.226 e. The van der Waals surface area contributed by atoms with Gasteiger partial charge in [0.05, 0.1) is 5.69 Å². The molecule has 1 aromatic heterocycles. The first-order valence-electron chi connectivity index (χ1n) is 8.81. The molecule has 0 unspecified atom stereocenters. The SMILES string of the molecule is CN1CCc2nc(NC(=O)CCCC(=O)N(C)c3ccccc3)sc2C1. The largest absolute Gasteiger partial charge is 0.316 e. The Hall–Kier alpha value is -2.25. The third-order valence-corrected chi connectivity index (χ3v) is 5.48. The number of aromatic nitrogens is 1. The molecule has 0 spiro atoms. The lowest BCUT2D eigenvalue weighted by molar-refractivity contribution is -0.118. The van der Waals surface area contributed by atoms with Crippen LogP contribution in [0.15, 0.2) is 30.3 Å². The maximum absolute atomic E-state index is 12.2. The Labute approximate surface area is 157 Å². The maximum Gasteiger partial charge on any atom is 0.226 e. The summed E-state index contributed by atoms with van der Waals surface area (Å²) in [4.78, 5) is 34.0. The number of amides is 2. The molecule has 0 saturated heterocycles. The zero-order valence-electron chi connectivity index (χ0n) is 15.2. The van der Waals surface area contributed by atoms with Crippen LogP contribution in [0.1, 0.15) is 29.8 Å². The molecule has 26 heavy (non-hydrogen) atoms. The van der Waals surface area contributed by atoms with Gasteiger partial charge in [0.15, 0.2) is 5.13 Å². The van der Waals surface area contributed by atoms with Gasteiger partial charge in [-0.2, -0.15) is 0 Å². The number of rotatable bonds is 6. The van der Waals surface area contributed by atoms with E-state index in [0.717, 1.165) is 30.9 Å². The second-order valence-electron chi connectivity index (χ2n) is 6.57. The minimum atomic E-state index is -0.0837. The Bertz CT molecular complexity index is 775. The second kappa shape index (κ2) is 8.42. The third kappa shape index (κ3) is 4.68. The van der Waals surface area contributed by atoms with Crippen LogP contribution >= 0.6 is 11.3 Å². The second-order valence-corrected chi connectivity index (χ2v) is 7.65. The van der Waals surface area contributed by atoms with Crippen molar-refractivity contribution < 1.29 is 9.59 Å². The summed E-state index contributed by atoms with van der Waals surface area (Å²) >= 11 is 1.55. The average molecular weight is 372 g/mol. The van der Waals surface area contributed by atoms with E-state index in [2.05, 4.69) is 22.2 Å². The Morgan fingerprint density at radius 3 is 2.81 bits per heavy atom. The molecule has 0 bridgehead atoms. The summed E-state index contributed by atoms with van der Waals surface area (Å²) in [6.45, 7) is 1.89. The first-order valence-corrected chi connectivity index (χ1v) is 9.63. The quantitative estimate of drug-likeness (QED) is 0.847. The van der Waals surface area contributed by atoms with E-state index in [1.165, 1.54) is 4.88 Å². The molecular weight excluding hydrogens is 348 g/mol.